The molecule has 4 rings (SSSR count). The van der Waals surface area contributed by atoms with Crippen LogP contribution < -0.4 is 21.0 Å². The van der Waals surface area contributed by atoms with Crippen molar-refractivity contribution < 1.29 is 9.94 Å². The molecule has 0 fully saturated rings. The summed E-state index contributed by atoms with van der Waals surface area (Å²) in [5, 5.41) is 25.0. The Morgan fingerprint density at radius 2 is 2.07 bits per heavy atom. The van der Waals surface area contributed by atoms with Crippen molar-refractivity contribution in [2.24, 2.45) is 0 Å². The van der Waals surface area contributed by atoms with Crippen LogP contribution in [0.2, 0.25) is 0 Å². The minimum absolute atomic E-state index is 0.0560. The lowest BCUT2D eigenvalue weighted by Crippen LogP contribution is -2.27. The first-order valence-corrected chi connectivity index (χ1v) is 9.24. The molecular weight excluding hydrogens is 374 g/mol. The number of rotatable bonds is 6. The molecule has 0 spiro atoms. The van der Waals surface area contributed by atoms with Crippen LogP contribution in [-0.4, -0.2) is 47.4 Å². The SMILES string of the molecule is COc1ccc2c(c1)-c1nc(=O)n(CCCN(C)C)c3ccc(N([O-])O)c(c13)N2. The van der Waals surface area contributed by atoms with Gasteiger partial charge in [-0.05, 0) is 57.4 Å². The minimum Gasteiger partial charge on any atom is -0.733 e. The van der Waals surface area contributed by atoms with Crippen molar-refractivity contribution in [1.82, 2.24) is 14.5 Å². The molecule has 2 aromatic carbocycles. The topological polar surface area (TPSA) is 106 Å². The van der Waals surface area contributed by atoms with E-state index in [0.717, 1.165) is 13.0 Å². The fourth-order valence-corrected chi connectivity index (χ4v) is 3.69. The molecule has 1 aromatic heterocycles. The van der Waals surface area contributed by atoms with E-state index in [1.807, 2.05) is 19.0 Å². The number of ether oxygens (including phenoxy) is 1. The molecule has 0 saturated heterocycles. The molecule has 152 valence electrons. The van der Waals surface area contributed by atoms with E-state index >= 15 is 0 Å². The first-order valence-electron chi connectivity index (χ1n) is 9.24. The van der Waals surface area contributed by atoms with Crippen LogP contribution in [0.1, 0.15) is 6.42 Å². The lowest BCUT2D eigenvalue weighted by Gasteiger charge is -2.30. The van der Waals surface area contributed by atoms with E-state index in [-0.39, 0.29) is 16.6 Å². The van der Waals surface area contributed by atoms with Gasteiger partial charge in [0.15, 0.2) is 0 Å². The second kappa shape index (κ2) is 7.36. The van der Waals surface area contributed by atoms with E-state index in [2.05, 4.69) is 10.3 Å². The maximum absolute atomic E-state index is 12.9. The smallest absolute Gasteiger partial charge is 0.348 e. The molecule has 2 N–H and O–H groups in total. The average molecular weight is 396 g/mol. The highest BCUT2D eigenvalue weighted by Gasteiger charge is 2.25. The van der Waals surface area contributed by atoms with Gasteiger partial charge in [0, 0.05) is 17.8 Å². The summed E-state index contributed by atoms with van der Waals surface area (Å²) in [6.45, 7) is 1.31. The molecule has 29 heavy (non-hydrogen) atoms. The summed E-state index contributed by atoms with van der Waals surface area (Å²) < 4.78 is 6.92. The number of nitrogens with zero attached hydrogens (tertiary/aromatic N) is 4. The van der Waals surface area contributed by atoms with Crippen molar-refractivity contribution in [3.63, 3.8) is 0 Å². The van der Waals surface area contributed by atoms with E-state index in [4.69, 9.17) is 4.74 Å². The molecule has 0 radical (unpaired) electrons. The quantitative estimate of drug-likeness (QED) is 0.479. The number of nitrogens with one attached hydrogen (secondary N) is 1. The van der Waals surface area contributed by atoms with Crippen LogP contribution in [0.5, 0.6) is 5.75 Å². The number of fused-ring (bicyclic) bond motifs is 2. The standard InChI is InChI=1S/C20H22N5O4/c1-23(2)9-4-10-24-15-7-8-16(25(27)28)19-17(15)18(22-20(24)26)13-11-12(29-3)5-6-14(13)21-19/h5-8,11,21,27H,4,9-10H2,1-3H3/q-1. The number of aryl methyl sites for hydroxylation is 1. The molecule has 0 aliphatic carbocycles. The maximum atomic E-state index is 12.9. The fraction of sp³-hybridized carbons (Fsp3) is 0.300. The second-order valence-electron chi connectivity index (χ2n) is 7.21. The van der Waals surface area contributed by atoms with Crippen LogP contribution in [0.15, 0.2) is 35.1 Å². The fourth-order valence-electron chi connectivity index (χ4n) is 3.69. The van der Waals surface area contributed by atoms with E-state index in [1.54, 1.807) is 35.9 Å². The van der Waals surface area contributed by atoms with Crippen LogP contribution >= 0.6 is 0 Å². The van der Waals surface area contributed by atoms with Crippen LogP contribution in [0, 0.1) is 5.21 Å². The van der Waals surface area contributed by atoms with Gasteiger partial charge in [0.05, 0.1) is 35.1 Å². The van der Waals surface area contributed by atoms with Crippen molar-refractivity contribution in [1.29, 1.82) is 0 Å². The number of methoxy groups -OCH3 is 1. The first-order chi connectivity index (χ1) is 13.9. The highest BCUT2D eigenvalue weighted by molar-refractivity contribution is 6.12. The van der Waals surface area contributed by atoms with Gasteiger partial charge in [-0.25, -0.2) is 4.79 Å². The summed E-state index contributed by atoms with van der Waals surface area (Å²) in [5.74, 6) is 0.628. The van der Waals surface area contributed by atoms with E-state index in [9.17, 15) is 15.2 Å². The summed E-state index contributed by atoms with van der Waals surface area (Å²) >= 11 is 0. The molecule has 1 aliphatic heterocycles. The molecule has 9 heteroatoms. The molecule has 0 unspecified atom stereocenters. The lowest BCUT2D eigenvalue weighted by molar-refractivity contribution is 0.297. The highest BCUT2D eigenvalue weighted by atomic mass is 16.8. The summed E-state index contributed by atoms with van der Waals surface area (Å²) in [6, 6.07) is 8.52. The van der Waals surface area contributed by atoms with Crippen molar-refractivity contribution >= 4 is 28.0 Å². The van der Waals surface area contributed by atoms with E-state index in [1.165, 1.54) is 6.07 Å². The lowest BCUT2D eigenvalue weighted by atomic mass is 9.97. The number of aromatic nitrogens is 2. The van der Waals surface area contributed by atoms with Gasteiger partial charge in [-0.3, -0.25) is 9.77 Å². The Bertz CT molecular complexity index is 1140. The van der Waals surface area contributed by atoms with Gasteiger partial charge in [-0.1, -0.05) is 0 Å². The van der Waals surface area contributed by atoms with Crippen LogP contribution in [0.4, 0.5) is 17.1 Å². The second-order valence-corrected chi connectivity index (χ2v) is 7.21. The van der Waals surface area contributed by atoms with E-state index < -0.39 is 0 Å². The van der Waals surface area contributed by atoms with Crippen LogP contribution in [0.25, 0.3) is 22.2 Å². The third-order valence-corrected chi connectivity index (χ3v) is 5.06. The molecule has 3 aromatic rings. The van der Waals surface area contributed by atoms with Gasteiger partial charge in [0.2, 0.25) is 0 Å². The number of benzene rings is 2. The van der Waals surface area contributed by atoms with Crippen molar-refractivity contribution in [3.8, 4) is 17.0 Å². The Hall–Kier alpha value is -3.14. The average Bonchev–Trinajstić information content (AvgIpc) is 2.69. The van der Waals surface area contributed by atoms with Gasteiger partial charge < -0.3 is 25.4 Å². The Labute approximate surface area is 167 Å². The summed E-state index contributed by atoms with van der Waals surface area (Å²) in [7, 11) is 5.52. The predicted molar refractivity (Wildman–Crippen MR) is 112 cm³/mol. The van der Waals surface area contributed by atoms with Gasteiger partial charge in [0.25, 0.3) is 0 Å². The molecule has 2 heterocycles. The molecule has 0 bridgehead atoms. The predicted octanol–water partition coefficient (Wildman–Crippen LogP) is 2.77. The van der Waals surface area contributed by atoms with Gasteiger partial charge in [-0.2, -0.15) is 4.98 Å². The normalized spacial score (nSPS) is 12.1. The van der Waals surface area contributed by atoms with Crippen LogP contribution in [0.3, 0.4) is 0 Å². The summed E-state index contributed by atoms with van der Waals surface area (Å²) in [4.78, 5) is 19.3. The molecule has 0 atom stereocenters. The Morgan fingerprint density at radius 1 is 1.28 bits per heavy atom. The number of anilines is 3. The molecule has 0 saturated carbocycles. The number of hydrogen-bond acceptors (Lipinski definition) is 8. The van der Waals surface area contributed by atoms with Gasteiger partial charge in [0.1, 0.15) is 5.75 Å². The largest absolute Gasteiger partial charge is 0.733 e. The molecule has 0 amide bonds. The molecular formula is C20H22N5O4-. The first kappa shape index (κ1) is 19.2. The Morgan fingerprint density at radius 3 is 2.76 bits per heavy atom. The molecule has 1 aliphatic rings. The maximum Gasteiger partial charge on any atom is 0.348 e. The summed E-state index contributed by atoms with van der Waals surface area (Å²) in [5.41, 5.74) is 2.60. The third kappa shape index (κ3) is 3.29. The highest BCUT2D eigenvalue weighted by Crippen LogP contribution is 2.46. The zero-order valence-corrected chi connectivity index (χ0v) is 16.5. The van der Waals surface area contributed by atoms with E-state index in [0.29, 0.717) is 45.8 Å². The minimum atomic E-state index is -0.358. The van der Waals surface area contributed by atoms with Crippen molar-refractivity contribution in [2.45, 2.75) is 13.0 Å². The zero-order valence-electron chi connectivity index (χ0n) is 16.5. The molecule has 9 nitrogen and oxygen atoms in total. The van der Waals surface area contributed by atoms with Crippen molar-refractivity contribution in [2.75, 3.05) is 38.3 Å². The van der Waals surface area contributed by atoms with Gasteiger partial charge >= 0.3 is 5.69 Å². The van der Waals surface area contributed by atoms with Gasteiger partial charge in [-0.15, -0.1) is 0 Å². The Kier molecular flexibility index (Phi) is 4.87. The van der Waals surface area contributed by atoms with Crippen molar-refractivity contribution in [3.05, 3.63) is 46.0 Å². The number of hydrogen-bond donors (Lipinski definition) is 2. The van der Waals surface area contributed by atoms with Crippen LogP contribution in [-0.2, 0) is 6.54 Å². The zero-order chi connectivity index (χ0) is 20.7. The Balaban J connectivity index is 1.98. The summed E-state index contributed by atoms with van der Waals surface area (Å²) in [6.07, 6.45) is 0.769. The monoisotopic (exact) mass is 396 g/mol. The third-order valence-electron chi connectivity index (χ3n) is 5.06.